The van der Waals surface area contributed by atoms with Crippen molar-refractivity contribution < 1.29 is 0 Å². The summed E-state index contributed by atoms with van der Waals surface area (Å²) in [5.74, 6) is 0.926. The Morgan fingerprint density at radius 2 is 2.50 bits per heavy atom. The van der Waals surface area contributed by atoms with E-state index >= 15 is 0 Å². The Balaban J connectivity index is 3.11. The Bertz CT molecular complexity index is 319. The number of pyridine rings is 1. The highest BCUT2D eigenvalue weighted by atomic mass is 35.5. The van der Waals surface area contributed by atoms with Crippen molar-refractivity contribution in [1.82, 2.24) is 4.98 Å². The van der Waals surface area contributed by atoms with E-state index < -0.39 is 0 Å². The number of halogens is 1. The molecule has 1 aromatic rings. The summed E-state index contributed by atoms with van der Waals surface area (Å²) in [7, 11) is 0. The van der Waals surface area contributed by atoms with Gasteiger partial charge in [0.1, 0.15) is 16.8 Å². The third-order valence-corrected chi connectivity index (χ3v) is 2.50. The van der Waals surface area contributed by atoms with Crippen LogP contribution in [-0.2, 0) is 0 Å². The number of hydrogen-bond acceptors (Lipinski definition) is 3. The molecule has 62 valence electrons. The van der Waals surface area contributed by atoms with Gasteiger partial charge in [-0.3, -0.25) is 0 Å². The summed E-state index contributed by atoms with van der Waals surface area (Å²) in [6.07, 6.45) is 1.61. The fraction of sp³-hybridized carbons (Fsp3) is 0.250. The largest absolute Gasteiger partial charge is 0.243 e. The van der Waals surface area contributed by atoms with Crippen LogP contribution in [0.15, 0.2) is 17.2 Å². The number of aromatic nitrogens is 1. The Morgan fingerprint density at radius 3 is 3.08 bits per heavy atom. The molecule has 0 aliphatic carbocycles. The van der Waals surface area contributed by atoms with E-state index in [0.717, 1.165) is 10.6 Å². The summed E-state index contributed by atoms with van der Waals surface area (Å²) in [5, 5.41) is 9.03. The van der Waals surface area contributed by atoms with Crippen LogP contribution in [0.3, 0.4) is 0 Å². The molecule has 1 heterocycles. The zero-order valence-electron chi connectivity index (χ0n) is 6.54. The van der Waals surface area contributed by atoms with Crippen LogP contribution in [0.5, 0.6) is 0 Å². The average Bonchev–Trinajstić information content (AvgIpc) is 2.05. The minimum absolute atomic E-state index is 0.288. The van der Waals surface area contributed by atoms with Gasteiger partial charge in [-0.2, -0.15) is 5.26 Å². The third-order valence-electron chi connectivity index (χ3n) is 1.28. The normalized spacial score (nSPS) is 9.42. The van der Waals surface area contributed by atoms with Crippen molar-refractivity contribution in [3.05, 3.63) is 23.0 Å². The van der Waals surface area contributed by atoms with E-state index in [0.29, 0.717) is 5.56 Å². The lowest BCUT2D eigenvalue weighted by Gasteiger charge is -2.00. The number of rotatable bonds is 2. The fourth-order valence-corrected chi connectivity index (χ4v) is 1.81. The molecule has 0 fully saturated rings. The average molecular weight is 199 g/mol. The van der Waals surface area contributed by atoms with Gasteiger partial charge in [0, 0.05) is 11.1 Å². The van der Waals surface area contributed by atoms with Crippen LogP contribution in [0, 0.1) is 11.3 Å². The fourth-order valence-electron chi connectivity index (χ4n) is 0.797. The monoisotopic (exact) mass is 198 g/mol. The van der Waals surface area contributed by atoms with Gasteiger partial charge in [-0.25, -0.2) is 4.98 Å². The standard InChI is InChI=1S/C8H7ClN2S/c1-2-12-7-3-4-11-8(9)6(7)5-10/h3-4H,2H2,1H3. The molecule has 0 aliphatic heterocycles. The second kappa shape index (κ2) is 4.34. The first-order valence-corrected chi connectivity index (χ1v) is 4.83. The summed E-state index contributed by atoms with van der Waals surface area (Å²) < 4.78 is 0. The molecule has 1 rings (SSSR count). The van der Waals surface area contributed by atoms with E-state index in [-0.39, 0.29) is 5.15 Å². The molecule has 0 spiro atoms. The summed E-state index contributed by atoms with van der Waals surface area (Å²) >= 11 is 7.31. The van der Waals surface area contributed by atoms with Gasteiger partial charge in [-0.1, -0.05) is 18.5 Å². The van der Waals surface area contributed by atoms with Crippen molar-refractivity contribution >= 4 is 23.4 Å². The molecule has 0 saturated heterocycles. The van der Waals surface area contributed by atoms with Gasteiger partial charge in [0.2, 0.25) is 0 Å². The maximum Gasteiger partial charge on any atom is 0.147 e. The Kier molecular flexibility index (Phi) is 3.39. The van der Waals surface area contributed by atoms with Crippen molar-refractivity contribution in [2.24, 2.45) is 0 Å². The molecule has 0 amide bonds. The molecule has 0 aromatic carbocycles. The molecule has 0 N–H and O–H groups in total. The topological polar surface area (TPSA) is 36.7 Å². The second-order valence-electron chi connectivity index (χ2n) is 2.02. The van der Waals surface area contributed by atoms with Gasteiger partial charge in [0.15, 0.2) is 0 Å². The molecule has 0 aliphatic rings. The van der Waals surface area contributed by atoms with E-state index in [1.54, 1.807) is 24.0 Å². The molecule has 4 heteroatoms. The molecule has 2 nitrogen and oxygen atoms in total. The zero-order valence-corrected chi connectivity index (χ0v) is 8.11. The molecule has 0 unspecified atom stereocenters. The van der Waals surface area contributed by atoms with Gasteiger partial charge < -0.3 is 0 Å². The summed E-state index contributed by atoms with van der Waals surface area (Å²) in [5.41, 5.74) is 0.478. The third kappa shape index (κ3) is 1.90. The van der Waals surface area contributed by atoms with Gasteiger partial charge >= 0.3 is 0 Å². The van der Waals surface area contributed by atoms with Crippen LogP contribution in [0.1, 0.15) is 12.5 Å². The molecule has 0 radical (unpaired) electrons. The smallest absolute Gasteiger partial charge is 0.147 e. The molecule has 0 atom stereocenters. The van der Waals surface area contributed by atoms with Crippen LogP contribution in [-0.4, -0.2) is 10.7 Å². The van der Waals surface area contributed by atoms with Crippen molar-refractivity contribution in [3.8, 4) is 6.07 Å². The molecular weight excluding hydrogens is 192 g/mol. The van der Waals surface area contributed by atoms with Gasteiger partial charge in [0.25, 0.3) is 0 Å². The van der Waals surface area contributed by atoms with Crippen molar-refractivity contribution in [3.63, 3.8) is 0 Å². The number of thioether (sulfide) groups is 1. The van der Waals surface area contributed by atoms with E-state index in [1.807, 2.05) is 13.0 Å². The molecular formula is C8H7ClN2S. The van der Waals surface area contributed by atoms with Crippen molar-refractivity contribution in [2.75, 3.05) is 5.75 Å². The Labute approximate surface area is 80.6 Å². The van der Waals surface area contributed by atoms with Crippen LogP contribution < -0.4 is 0 Å². The number of nitriles is 1. The maximum atomic E-state index is 8.74. The SMILES string of the molecule is CCSc1ccnc(Cl)c1C#N. The predicted molar refractivity (Wildman–Crippen MR) is 50.4 cm³/mol. The van der Waals surface area contributed by atoms with Crippen LogP contribution in [0.4, 0.5) is 0 Å². The summed E-state index contributed by atoms with van der Waals surface area (Å²) in [6, 6.07) is 3.84. The van der Waals surface area contributed by atoms with E-state index in [4.69, 9.17) is 16.9 Å². The first kappa shape index (κ1) is 9.37. The molecule has 1 aromatic heterocycles. The highest BCUT2D eigenvalue weighted by Gasteiger charge is 2.06. The zero-order chi connectivity index (χ0) is 8.97. The van der Waals surface area contributed by atoms with Crippen LogP contribution in [0.2, 0.25) is 5.15 Å². The lowest BCUT2D eigenvalue weighted by molar-refractivity contribution is 1.22. The first-order chi connectivity index (χ1) is 5.79. The van der Waals surface area contributed by atoms with E-state index in [2.05, 4.69) is 4.98 Å². The van der Waals surface area contributed by atoms with E-state index in [9.17, 15) is 0 Å². The van der Waals surface area contributed by atoms with Crippen molar-refractivity contribution in [1.29, 1.82) is 5.26 Å². The van der Waals surface area contributed by atoms with Gasteiger partial charge in [-0.15, -0.1) is 11.8 Å². The minimum Gasteiger partial charge on any atom is -0.243 e. The summed E-state index contributed by atoms with van der Waals surface area (Å²) in [4.78, 5) is 4.73. The lowest BCUT2D eigenvalue weighted by Crippen LogP contribution is -1.86. The Morgan fingerprint density at radius 1 is 1.75 bits per heavy atom. The highest BCUT2D eigenvalue weighted by molar-refractivity contribution is 7.99. The lowest BCUT2D eigenvalue weighted by atomic mass is 10.3. The number of nitrogens with zero attached hydrogens (tertiary/aromatic N) is 2. The van der Waals surface area contributed by atoms with Crippen LogP contribution in [0.25, 0.3) is 0 Å². The number of hydrogen-bond donors (Lipinski definition) is 0. The first-order valence-electron chi connectivity index (χ1n) is 3.47. The van der Waals surface area contributed by atoms with Crippen LogP contribution >= 0.6 is 23.4 Å². The molecule has 12 heavy (non-hydrogen) atoms. The van der Waals surface area contributed by atoms with E-state index in [1.165, 1.54) is 0 Å². The molecule has 0 bridgehead atoms. The second-order valence-corrected chi connectivity index (χ2v) is 3.68. The quantitative estimate of drug-likeness (QED) is 0.542. The van der Waals surface area contributed by atoms with Gasteiger partial charge in [0.05, 0.1) is 0 Å². The maximum absolute atomic E-state index is 8.74. The minimum atomic E-state index is 0.288. The Hall–Kier alpha value is -0.720. The predicted octanol–water partition coefficient (Wildman–Crippen LogP) is 2.72. The van der Waals surface area contributed by atoms with Gasteiger partial charge in [-0.05, 0) is 11.8 Å². The van der Waals surface area contributed by atoms with Crippen molar-refractivity contribution in [2.45, 2.75) is 11.8 Å². The molecule has 0 saturated carbocycles. The summed E-state index contributed by atoms with van der Waals surface area (Å²) in [6.45, 7) is 2.03. The highest BCUT2D eigenvalue weighted by Crippen LogP contribution is 2.25.